The molecule has 1 heterocycles. The van der Waals surface area contributed by atoms with Crippen LogP contribution in [0.5, 0.6) is 11.5 Å². The molecule has 0 saturated carbocycles. The molecule has 0 unspecified atom stereocenters. The summed E-state index contributed by atoms with van der Waals surface area (Å²) in [4.78, 5) is 0. The second kappa shape index (κ2) is 3.56. The van der Waals surface area contributed by atoms with Crippen LogP contribution in [-0.2, 0) is 0 Å². The molecule has 13 heavy (non-hydrogen) atoms. The average Bonchev–Trinajstić information content (AvgIpc) is 2.62. The summed E-state index contributed by atoms with van der Waals surface area (Å²) in [6.45, 7) is 3.42. The molecule has 0 spiro atoms. The van der Waals surface area contributed by atoms with Crippen molar-refractivity contribution in [3.8, 4) is 11.5 Å². The average molecular weight is 179 g/mol. The van der Waals surface area contributed by atoms with E-state index in [1.807, 2.05) is 18.2 Å². The maximum absolute atomic E-state index is 5.34. The van der Waals surface area contributed by atoms with E-state index in [1.54, 1.807) is 0 Å². The van der Waals surface area contributed by atoms with Gasteiger partial charge in [0, 0.05) is 6.54 Å². The van der Waals surface area contributed by atoms with Crippen molar-refractivity contribution in [1.82, 2.24) is 0 Å². The van der Waals surface area contributed by atoms with Gasteiger partial charge in [-0.25, -0.2) is 0 Å². The standard InChI is InChI=1S/C10H13NO2/c1-2-6-11-8-4-3-5-9-10(8)13-7-12-9/h3-5,11H,2,6-7H2,1H3. The Morgan fingerprint density at radius 2 is 2.31 bits per heavy atom. The number of benzene rings is 1. The molecule has 0 amide bonds. The minimum Gasteiger partial charge on any atom is -0.454 e. The minimum atomic E-state index is 0.333. The normalized spacial score (nSPS) is 13.0. The molecule has 2 rings (SSSR count). The molecular weight excluding hydrogens is 166 g/mol. The van der Waals surface area contributed by atoms with Crippen LogP contribution in [-0.4, -0.2) is 13.3 Å². The fourth-order valence-corrected chi connectivity index (χ4v) is 1.33. The molecule has 0 atom stereocenters. The molecule has 1 N–H and O–H groups in total. The first-order chi connectivity index (χ1) is 6.42. The smallest absolute Gasteiger partial charge is 0.231 e. The summed E-state index contributed by atoms with van der Waals surface area (Å²) < 4.78 is 10.6. The van der Waals surface area contributed by atoms with Crippen LogP contribution in [0.1, 0.15) is 13.3 Å². The molecule has 0 saturated heterocycles. The molecular formula is C10H13NO2. The Bertz CT molecular complexity index is 299. The second-order valence-electron chi connectivity index (χ2n) is 2.97. The van der Waals surface area contributed by atoms with Gasteiger partial charge >= 0.3 is 0 Å². The lowest BCUT2D eigenvalue weighted by atomic mass is 10.2. The Kier molecular flexibility index (Phi) is 2.25. The van der Waals surface area contributed by atoms with Crippen LogP contribution in [0.25, 0.3) is 0 Å². The van der Waals surface area contributed by atoms with Crippen LogP contribution in [0, 0.1) is 0 Å². The van der Waals surface area contributed by atoms with Crippen molar-refractivity contribution >= 4 is 5.69 Å². The van der Waals surface area contributed by atoms with Crippen LogP contribution in [0.4, 0.5) is 5.69 Å². The van der Waals surface area contributed by atoms with Gasteiger partial charge in [0.25, 0.3) is 0 Å². The predicted molar refractivity (Wildman–Crippen MR) is 51.3 cm³/mol. The third-order valence-corrected chi connectivity index (χ3v) is 1.96. The zero-order chi connectivity index (χ0) is 9.10. The largest absolute Gasteiger partial charge is 0.454 e. The van der Waals surface area contributed by atoms with E-state index in [-0.39, 0.29) is 0 Å². The van der Waals surface area contributed by atoms with Gasteiger partial charge in [-0.1, -0.05) is 13.0 Å². The Morgan fingerprint density at radius 3 is 3.15 bits per heavy atom. The van der Waals surface area contributed by atoms with E-state index in [1.165, 1.54) is 0 Å². The molecule has 0 bridgehead atoms. The fourth-order valence-electron chi connectivity index (χ4n) is 1.33. The monoisotopic (exact) mass is 179 g/mol. The molecule has 1 aliphatic heterocycles. The number of ether oxygens (including phenoxy) is 2. The van der Waals surface area contributed by atoms with Gasteiger partial charge in [0.05, 0.1) is 5.69 Å². The van der Waals surface area contributed by atoms with Crippen molar-refractivity contribution in [3.05, 3.63) is 18.2 Å². The lowest BCUT2D eigenvalue weighted by molar-refractivity contribution is 0.174. The molecule has 3 nitrogen and oxygen atoms in total. The molecule has 1 aromatic carbocycles. The quantitative estimate of drug-likeness (QED) is 0.771. The van der Waals surface area contributed by atoms with E-state index in [4.69, 9.17) is 9.47 Å². The zero-order valence-corrected chi connectivity index (χ0v) is 7.67. The maximum Gasteiger partial charge on any atom is 0.231 e. The SMILES string of the molecule is CCCNc1cccc2c1OCO2. The Morgan fingerprint density at radius 1 is 1.38 bits per heavy atom. The minimum absolute atomic E-state index is 0.333. The third kappa shape index (κ3) is 1.54. The lowest BCUT2D eigenvalue weighted by Crippen LogP contribution is -2.00. The van der Waals surface area contributed by atoms with E-state index in [2.05, 4.69) is 12.2 Å². The second-order valence-corrected chi connectivity index (χ2v) is 2.97. The Balaban J connectivity index is 2.20. The maximum atomic E-state index is 5.34. The zero-order valence-electron chi connectivity index (χ0n) is 7.67. The fraction of sp³-hybridized carbons (Fsp3) is 0.400. The summed E-state index contributed by atoms with van der Waals surface area (Å²) in [5, 5.41) is 3.29. The highest BCUT2D eigenvalue weighted by Crippen LogP contribution is 2.38. The van der Waals surface area contributed by atoms with Crippen LogP contribution >= 0.6 is 0 Å². The third-order valence-electron chi connectivity index (χ3n) is 1.96. The topological polar surface area (TPSA) is 30.5 Å². The highest BCUT2D eigenvalue weighted by molar-refractivity contribution is 5.64. The Labute approximate surface area is 77.7 Å². The molecule has 1 aromatic rings. The van der Waals surface area contributed by atoms with Crippen LogP contribution in [0.3, 0.4) is 0 Å². The summed E-state index contributed by atoms with van der Waals surface area (Å²) >= 11 is 0. The predicted octanol–water partition coefficient (Wildman–Crippen LogP) is 2.24. The summed E-state index contributed by atoms with van der Waals surface area (Å²) in [6.07, 6.45) is 1.10. The summed E-state index contributed by atoms with van der Waals surface area (Å²) in [7, 11) is 0. The summed E-state index contributed by atoms with van der Waals surface area (Å²) in [5.74, 6) is 1.68. The van der Waals surface area contributed by atoms with Gasteiger partial charge in [-0.2, -0.15) is 0 Å². The first-order valence-electron chi connectivity index (χ1n) is 4.54. The van der Waals surface area contributed by atoms with E-state index in [0.29, 0.717) is 6.79 Å². The van der Waals surface area contributed by atoms with Crippen molar-refractivity contribution in [2.45, 2.75) is 13.3 Å². The van der Waals surface area contributed by atoms with Gasteiger partial charge in [-0.05, 0) is 18.6 Å². The number of hydrogen-bond donors (Lipinski definition) is 1. The highest BCUT2D eigenvalue weighted by atomic mass is 16.7. The highest BCUT2D eigenvalue weighted by Gasteiger charge is 2.16. The van der Waals surface area contributed by atoms with Gasteiger partial charge < -0.3 is 14.8 Å². The number of para-hydroxylation sites is 1. The lowest BCUT2D eigenvalue weighted by Gasteiger charge is -2.07. The van der Waals surface area contributed by atoms with E-state index < -0.39 is 0 Å². The first kappa shape index (κ1) is 8.23. The summed E-state index contributed by atoms with van der Waals surface area (Å²) in [6, 6.07) is 5.88. The molecule has 70 valence electrons. The molecule has 0 radical (unpaired) electrons. The van der Waals surface area contributed by atoms with E-state index in [0.717, 1.165) is 30.2 Å². The number of fused-ring (bicyclic) bond motifs is 1. The molecule has 3 heteroatoms. The molecule has 0 aliphatic carbocycles. The van der Waals surface area contributed by atoms with Gasteiger partial charge in [0.2, 0.25) is 6.79 Å². The van der Waals surface area contributed by atoms with Gasteiger partial charge in [-0.15, -0.1) is 0 Å². The van der Waals surface area contributed by atoms with Crippen molar-refractivity contribution < 1.29 is 9.47 Å². The van der Waals surface area contributed by atoms with Crippen molar-refractivity contribution in [1.29, 1.82) is 0 Å². The molecule has 1 aliphatic rings. The van der Waals surface area contributed by atoms with Crippen LogP contribution in [0.15, 0.2) is 18.2 Å². The number of rotatable bonds is 3. The van der Waals surface area contributed by atoms with Crippen LogP contribution < -0.4 is 14.8 Å². The number of anilines is 1. The van der Waals surface area contributed by atoms with Crippen molar-refractivity contribution in [3.63, 3.8) is 0 Å². The van der Waals surface area contributed by atoms with E-state index >= 15 is 0 Å². The van der Waals surface area contributed by atoms with Crippen molar-refractivity contribution in [2.75, 3.05) is 18.7 Å². The number of hydrogen-bond acceptors (Lipinski definition) is 3. The number of nitrogens with one attached hydrogen (secondary N) is 1. The van der Waals surface area contributed by atoms with Gasteiger partial charge in [0.15, 0.2) is 11.5 Å². The van der Waals surface area contributed by atoms with Gasteiger partial charge in [-0.3, -0.25) is 0 Å². The first-order valence-corrected chi connectivity index (χ1v) is 4.54. The molecule has 0 aromatic heterocycles. The summed E-state index contributed by atoms with van der Waals surface area (Å²) in [5.41, 5.74) is 1.02. The van der Waals surface area contributed by atoms with Crippen LogP contribution in [0.2, 0.25) is 0 Å². The van der Waals surface area contributed by atoms with E-state index in [9.17, 15) is 0 Å². The van der Waals surface area contributed by atoms with Crippen molar-refractivity contribution in [2.24, 2.45) is 0 Å². The Hall–Kier alpha value is -1.38. The van der Waals surface area contributed by atoms with Gasteiger partial charge in [0.1, 0.15) is 0 Å². The molecule has 0 fully saturated rings.